The monoisotopic (exact) mass is 427 g/mol. The maximum Gasteiger partial charge on any atom is 0.257 e. The molecule has 1 aromatic heterocycles. The highest BCUT2D eigenvalue weighted by Gasteiger charge is 2.24. The van der Waals surface area contributed by atoms with Gasteiger partial charge in [0.2, 0.25) is 0 Å². The average Bonchev–Trinajstić information content (AvgIpc) is 3.19. The number of nitrogens with zero attached hydrogens (tertiary/aromatic N) is 2. The van der Waals surface area contributed by atoms with Crippen LogP contribution in [0.5, 0.6) is 0 Å². The molecule has 1 amide bonds. The third-order valence-corrected chi connectivity index (χ3v) is 5.77. The average molecular weight is 428 g/mol. The maximum absolute atomic E-state index is 13.9. The van der Waals surface area contributed by atoms with Crippen molar-refractivity contribution in [1.29, 1.82) is 0 Å². The first-order valence-electron chi connectivity index (χ1n) is 8.93. The Kier molecular flexibility index (Phi) is 4.83. The number of benzene rings is 2. The molecule has 0 spiro atoms. The van der Waals surface area contributed by atoms with Crippen LogP contribution in [-0.2, 0) is 0 Å². The lowest BCUT2D eigenvalue weighted by atomic mass is 10.1. The van der Waals surface area contributed by atoms with E-state index in [1.807, 2.05) is 30.0 Å². The van der Waals surface area contributed by atoms with Crippen molar-refractivity contribution in [2.24, 2.45) is 0 Å². The number of carbonyl (C=O) groups excluding carboxylic acids is 1. The number of halogens is 2. The van der Waals surface area contributed by atoms with Gasteiger partial charge in [0.05, 0.1) is 16.8 Å². The van der Waals surface area contributed by atoms with Gasteiger partial charge >= 0.3 is 0 Å². The quantitative estimate of drug-likeness (QED) is 0.606. The SMILES string of the molecule is Cc1cc(Nc2c(C(=O)N3CCCC3)cnc3ccc(F)cc23)ccc1Br. The number of nitrogens with one attached hydrogen (secondary N) is 1. The van der Waals surface area contributed by atoms with E-state index in [-0.39, 0.29) is 11.7 Å². The Hall–Kier alpha value is -2.47. The van der Waals surface area contributed by atoms with Crippen molar-refractivity contribution < 1.29 is 9.18 Å². The Morgan fingerprint density at radius 2 is 1.96 bits per heavy atom. The summed E-state index contributed by atoms with van der Waals surface area (Å²) in [6, 6.07) is 10.3. The van der Waals surface area contributed by atoms with Gasteiger partial charge in [0, 0.05) is 34.8 Å². The Balaban J connectivity index is 1.85. The van der Waals surface area contributed by atoms with Crippen LogP contribution in [0.3, 0.4) is 0 Å². The number of hydrogen-bond acceptors (Lipinski definition) is 3. The van der Waals surface area contributed by atoms with Crippen LogP contribution < -0.4 is 5.32 Å². The molecule has 3 aromatic rings. The lowest BCUT2D eigenvalue weighted by Gasteiger charge is -2.20. The zero-order valence-electron chi connectivity index (χ0n) is 14.9. The van der Waals surface area contributed by atoms with Gasteiger partial charge in [-0.2, -0.15) is 0 Å². The van der Waals surface area contributed by atoms with E-state index >= 15 is 0 Å². The van der Waals surface area contributed by atoms with E-state index in [0.29, 0.717) is 22.2 Å². The molecule has 1 saturated heterocycles. The van der Waals surface area contributed by atoms with Crippen molar-refractivity contribution in [3.8, 4) is 0 Å². The molecule has 1 fully saturated rings. The fourth-order valence-electron chi connectivity index (χ4n) is 3.42. The standard InChI is InChI=1S/C21H19BrFN3O/c1-13-10-15(5-6-18(13)22)25-20-16-11-14(23)4-7-19(16)24-12-17(20)21(27)26-8-2-3-9-26/h4-7,10-12H,2-3,8-9H2,1H3,(H,24,25). The van der Waals surface area contributed by atoms with Gasteiger partial charge < -0.3 is 10.2 Å². The highest BCUT2D eigenvalue weighted by atomic mass is 79.9. The molecule has 0 aliphatic carbocycles. The number of rotatable bonds is 3. The molecule has 4 nitrogen and oxygen atoms in total. The molecule has 138 valence electrons. The number of pyridine rings is 1. The molecule has 6 heteroatoms. The van der Waals surface area contributed by atoms with Gasteiger partial charge in [-0.3, -0.25) is 9.78 Å². The number of hydrogen-bond donors (Lipinski definition) is 1. The van der Waals surface area contributed by atoms with Gasteiger partial charge in [-0.25, -0.2) is 4.39 Å². The molecule has 1 aliphatic rings. The molecule has 2 aromatic carbocycles. The van der Waals surface area contributed by atoms with Crippen LogP contribution in [0.25, 0.3) is 10.9 Å². The van der Waals surface area contributed by atoms with E-state index in [2.05, 4.69) is 26.2 Å². The summed E-state index contributed by atoms with van der Waals surface area (Å²) in [6.07, 6.45) is 3.61. The normalized spacial score (nSPS) is 14.0. The lowest BCUT2D eigenvalue weighted by molar-refractivity contribution is 0.0793. The lowest BCUT2D eigenvalue weighted by Crippen LogP contribution is -2.28. The number of amides is 1. The largest absolute Gasteiger partial charge is 0.354 e. The molecule has 0 saturated carbocycles. The number of carbonyl (C=O) groups is 1. The summed E-state index contributed by atoms with van der Waals surface area (Å²) in [5.41, 5.74) is 3.61. The molecule has 1 aliphatic heterocycles. The van der Waals surface area contributed by atoms with E-state index < -0.39 is 0 Å². The van der Waals surface area contributed by atoms with Crippen molar-refractivity contribution in [2.75, 3.05) is 18.4 Å². The summed E-state index contributed by atoms with van der Waals surface area (Å²) in [4.78, 5) is 19.3. The van der Waals surface area contributed by atoms with Gasteiger partial charge in [0.15, 0.2) is 0 Å². The van der Waals surface area contributed by atoms with Crippen molar-refractivity contribution in [1.82, 2.24) is 9.88 Å². The van der Waals surface area contributed by atoms with E-state index in [1.54, 1.807) is 12.3 Å². The first-order valence-corrected chi connectivity index (χ1v) is 9.73. The van der Waals surface area contributed by atoms with Crippen LogP contribution in [0.4, 0.5) is 15.8 Å². The van der Waals surface area contributed by atoms with Crippen LogP contribution in [0.1, 0.15) is 28.8 Å². The smallest absolute Gasteiger partial charge is 0.257 e. The number of anilines is 2. The van der Waals surface area contributed by atoms with Crippen LogP contribution in [0.15, 0.2) is 47.1 Å². The predicted octanol–water partition coefficient (Wildman–Crippen LogP) is 5.42. The maximum atomic E-state index is 13.9. The molecular weight excluding hydrogens is 409 g/mol. The van der Waals surface area contributed by atoms with Crippen LogP contribution in [0, 0.1) is 12.7 Å². The summed E-state index contributed by atoms with van der Waals surface area (Å²) < 4.78 is 15.0. The highest BCUT2D eigenvalue weighted by Crippen LogP contribution is 2.32. The Morgan fingerprint density at radius 3 is 2.70 bits per heavy atom. The fraction of sp³-hybridized carbons (Fsp3) is 0.238. The Labute approximate surface area is 165 Å². The van der Waals surface area contributed by atoms with Crippen molar-refractivity contribution >= 4 is 44.1 Å². The molecule has 4 rings (SSSR count). The molecule has 2 heterocycles. The third kappa shape index (κ3) is 3.54. The fourth-order valence-corrected chi connectivity index (χ4v) is 3.67. The van der Waals surface area contributed by atoms with Crippen LogP contribution in [0.2, 0.25) is 0 Å². The van der Waals surface area contributed by atoms with E-state index in [9.17, 15) is 9.18 Å². The minimum absolute atomic E-state index is 0.0671. The zero-order valence-corrected chi connectivity index (χ0v) is 16.5. The first kappa shape index (κ1) is 17.9. The molecular formula is C21H19BrFN3O. The van der Waals surface area contributed by atoms with Gasteiger partial charge in [0.1, 0.15) is 5.82 Å². The second kappa shape index (κ2) is 7.27. The zero-order chi connectivity index (χ0) is 19.0. The van der Waals surface area contributed by atoms with E-state index in [4.69, 9.17) is 0 Å². The van der Waals surface area contributed by atoms with Gasteiger partial charge in [-0.1, -0.05) is 15.9 Å². The van der Waals surface area contributed by atoms with E-state index in [1.165, 1.54) is 12.1 Å². The van der Waals surface area contributed by atoms with Crippen molar-refractivity contribution in [3.63, 3.8) is 0 Å². The summed E-state index contributed by atoms with van der Waals surface area (Å²) in [5.74, 6) is -0.424. The summed E-state index contributed by atoms with van der Waals surface area (Å²) in [5, 5.41) is 3.94. The summed E-state index contributed by atoms with van der Waals surface area (Å²) >= 11 is 3.50. The number of likely N-dealkylation sites (tertiary alicyclic amines) is 1. The third-order valence-electron chi connectivity index (χ3n) is 4.88. The first-order chi connectivity index (χ1) is 13.0. The molecule has 27 heavy (non-hydrogen) atoms. The minimum Gasteiger partial charge on any atom is -0.354 e. The van der Waals surface area contributed by atoms with Crippen LogP contribution in [-0.4, -0.2) is 28.9 Å². The van der Waals surface area contributed by atoms with Gasteiger partial charge in [-0.15, -0.1) is 0 Å². The van der Waals surface area contributed by atoms with Gasteiger partial charge in [-0.05, 0) is 61.7 Å². The van der Waals surface area contributed by atoms with E-state index in [0.717, 1.165) is 41.7 Å². The number of aromatic nitrogens is 1. The second-order valence-corrected chi connectivity index (χ2v) is 7.65. The van der Waals surface area contributed by atoms with Crippen molar-refractivity contribution in [3.05, 3.63) is 64.0 Å². The number of fused-ring (bicyclic) bond motifs is 1. The minimum atomic E-state index is -0.356. The molecule has 0 atom stereocenters. The molecule has 1 N–H and O–H groups in total. The molecule has 0 radical (unpaired) electrons. The second-order valence-electron chi connectivity index (χ2n) is 6.80. The molecule has 0 bridgehead atoms. The van der Waals surface area contributed by atoms with Crippen molar-refractivity contribution in [2.45, 2.75) is 19.8 Å². The Morgan fingerprint density at radius 1 is 1.19 bits per heavy atom. The number of aryl methyl sites for hydroxylation is 1. The summed E-state index contributed by atoms with van der Waals surface area (Å²) in [7, 11) is 0. The Bertz CT molecular complexity index is 1030. The predicted molar refractivity (Wildman–Crippen MR) is 109 cm³/mol. The highest BCUT2D eigenvalue weighted by molar-refractivity contribution is 9.10. The summed E-state index contributed by atoms with van der Waals surface area (Å²) in [6.45, 7) is 3.49. The van der Waals surface area contributed by atoms with Crippen LogP contribution >= 0.6 is 15.9 Å². The van der Waals surface area contributed by atoms with Gasteiger partial charge in [0.25, 0.3) is 5.91 Å². The molecule has 0 unspecified atom stereocenters. The topological polar surface area (TPSA) is 45.2 Å².